The molecule has 0 aliphatic heterocycles. The van der Waals surface area contributed by atoms with Crippen molar-refractivity contribution in [2.45, 2.75) is 51.6 Å². The largest absolute Gasteiger partial charge is 0.389 e. The molecule has 1 aliphatic carbocycles. The van der Waals surface area contributed by atoms with E-state index in [1.807, 2.05) is 6.08 Å². The normalized spacial score (nSPS) is 34.6. The minimum Gasteiger partial charge on any atom is -0.389 e. The van der Waals surface area contributed by atoms with Gasteiger partial charge in [-0.2, -0.15) is 0 Å². The minimum absolute atomic E-state index is 0.0689. The van der Waals surface area contributed by atoms with Crippen molar-refractivity contribution in [2.75, 3.05) is 0 Å². The van der Waals surface area contributed by atoms with Gasteiger partial charge < -0.3 is 5.11 Å². The third kappa shape index (κ3) is 1.56. The first-order valence-electron chi connectivity index (χ1n) is 4.85. The molecule has 70 valence electrons. The van der Waals surface area contributed by atoms with Crippen LogP contribution < -0.4 is 0 Å². The van der Waals surface area contributed by atoms with Crippen LogP contribution in [0.1, 0.15) is 46.0 Å². The van der Waals surface area contributed by atoms with Gasteiger partial charge in [0, 0.05) is 0 Å². The third-order valence-electron chi connectivity index (χ3n) is 3.38. The quantitative estimate of drug-likeness (QED) is 0.629. The minimum atomic E-state index is -0.493. The van der Waals surface area contributed by atoms with Gasteiger partial charge in [0.25, 0.3) is 0 Å². The maximum Gasteiger partial charge on any atom is 0.0732 e. The molecule has 12 heavy (non-hydrogen) atoms. The Balaban J connectivity index is 2.76. The van der Waals surface area contributed by atoms with E-state index in [4.69, 9.17) is 0 Å². The molecule has 0 spiro atoms. The molecule has 0 heterocycles. The second kappa shape index (κ2) is 3.21. The molecule has 1 heteroatoms. The van der Waals surface area contributed by atoms with Crippen molar-refractivity contribution < 1.29 is 5.11 Å². The summed E-state index contributed by atoms with van der Waals surface area (Å²) < 4.78 is 0. The van der Waals surface area contributed by atoms with Crippen LogP contribution in [0.4, 0.5) is 0 Å². The molecule has 0 aromatic carbocycles. The fourth-order valence-electron chi connectivity index (χ4n) is 2.17. The van der Waals surface area contributed by atoms with E-state index in [1.54, 1.807) is 0 Å². The Kier molecular flexibility index (Phi) is 2.62. The Morgan fingerprint density at radius 2 is 1.92 bits per heavy atom. The average molecular weight is 168 g/mol. The first-order valence-corrected chi connectivity index (χ1v) is 4.85. The zero-order valence-electron chi connectivity index (χ0n) is 8.27. The molecule has 1 nitrogen and oxygen atoms in total. The van der Waals surface area contributed by atoms with Gasteiger partial charge in [0.1, 0.15) is 0 Å². The lowest BCUT2D eigenvalue weighted by Crippen LogP contribution is -2.46. The van der Waals surface area contributed by atoms with Gasteiger partial charge in [0.05, 0.1) is 5.60 Å². The van der Waals surface area contributed by atoms with Crippen LogP contribution in [0, 0.1) is 5.41 Å². The summed E-state index contributed by atoms with van der Waals surface area (Å²) in [5.41, 5.74) is -0.424. The van der Waals surface area contributed by atoms with Gasteiger partial charge in [-0.3, -0.25) is 0 Å². The van der Waals surface area contributed by atoms with Gasteiger partial charge >= 0.3 is 0 Å². The lowest BCUT2D eigenvalue weighted by Gasteiger charge is -2.46. The van der Waals surface area contributed by atoms with Crippen molar-refractivity contribution >= 4 is 0 Å². The number of hydrogen-bond donors (Lipinski definition) is 1. The highest BCUT2D eigenvalue weighted by molar-refractivity contribution is 4.99. The summed E-state index contributed by atoms with van der Waals surface area (Å²) in [7, 11) is 0. The van der Waals surface area contributed by atoms with Crippen LogP contribution in [-0.2, 0) is 0 Å². The summed E-state index contributed by atoms with van der Waals surface area (Å²) in [6, 6.07) is 0. The number of aliphatic hydroxyl groups is 1. The van der Waals surface area contributed by atoms with Crippen LogP contribution >= 0.6 is 0 Å². The van der Waals surface area contributed by atoms with E-state index in [9.17, 15) is 5.11 Å². The smallest absolute Gasteiger partial charge is 0.0732 e. The summed E-state index contributed by atoms with van der Waals surface area (Å²) in [5, 5.41) is 10.3. The molecule has 0 radical (unpaired) electrons. The first kappa shape index (κ1) is 9.79. The van der Waals surface area contributed by atoms with E-state index in [2.05, 4.69) is 20.4 Å². The fourth-order valence-corrected chi connectivity index (χ4v) is 2.17. The van der Waals surface area contributed by atoms with E-state index in [0.29, 0.717) is 0 Å². The molecule has 1 saturated carbocycles. The van der Waals surface area contributed by atoms with Crippen molar-refractivity contribution in [3.05, 3.63) is 12.7 Å². The third-order valence-corrected chi connectivity index (χ3v) is 3.38. The summed E-state index contributed by atoms with van der Waals surface area (Å²) in [6.45, 7) is 8.03. The van der Waals surface area contributed by atoms with Gasteiger partial charge in [-0.1, -0.05) is 32.8 Å². The molecular weight excluding hydrogens is 148 g/mol. The second-order valence-corrected chi connectivity index (χ2v) is 4.62. The summed E-state index contributed by atoms with van der Waals surface area (Å²) in [5.74, 6) is 0. The molecule has 1 atom stereocenters. The molecule has 0 bridgehead atoms. The monoisotopic (exact) mass is 168 g/mol. The first-order chi connectivity index (χ1) is 5.52. The summed E-state index contributed by atoms with van der Waals surface area (Å²) in [6.07, 6.45) is 7.07. The van der Waals surface area contributed by atoms with Crippen molar-refractivity contribution in [3.63, 3.8) is 0 Å². The molecule has 1 N–H and O–H groups in total. The van der Waals surface area contributed by atoms with E-state index in [-0.39, 0.29) is 5.41 Å². The Morgan fingerprint density at radius 1 is 1.33 bits per heavy atom. The molecule has 1 unspecified atom stereocenters. The van der Waals surface area contributed by atoms with Crippen molar-refractivity contribution in [1.29, 1.82) is 0 Å². The molecule has 0 saturated heterocycles. The lowest BCUT2D eigenvalue weighted by molar-refractivity contribution is -0.0938. The van der Waals surface area contributed by atoms with Crippen LogP contribution in [-0.4, -0.2) is 10.7 Å². The number of rotatable bonds is 2. The zero-order valence-corrected chi connectivity index (χ0v) is 8.27. The van der Waals surface area contributed by atoms with Gasteiger partial charge in [-0.25, -0.2) is 0 Å². The Hall–Kier alpha value is -0.300. The van der Waals surface area contributed by atoms with Gasteiger partial charge in [0.2, 0.25) is 0 Å². The molecule has 0 amide bonds. The van der Waals surface area contributed by atoms with Crippen LogP contribution in [0.25, 0.3) is 0 Å². The van der Waals surface area contributed by atoms with E-state index < -0.39 is 5.60 Å². The van der Waals surface area contributed by atoms with E-state index in [1.165, 1.54) is 6.42 Å². The Bertz CT molecular complexity index is 172. The summed E-state index contributed by atoms with van der Waals surface area (Å²) in [4.78, 5) is 0. The van der Waals surface area contributed by atoms with Gasteiger partial charge in [-0.05, 0) is 24.7 Å². The maximum absolute atomic E-state index is 10.3. The molecule has 0 aromatic heterocycles. The predicted molar refractivity (Wildman–Crippen MR) is 52.0 cm³/mol. The molecule has 1 fully saturated rings. The SMILES string of the molecule is C=CCC1(O)CCCCC1(C)C. The maximum atomic E-state index is 10.3. The highest BCUT2D eigenvalue weighted by atomic mass is 16.3. The highest BCUT2D eigenvalue weighted by Gasteiger charge is 2.43. The number of hydrogen-bond acceptors (Lipinski definition) is 1. The molecule has 1 aliphatic rings. The van der Waals surface area contributed by atoms with Gasteiger partial charge in [-0.15, -0.1) is 6.58 Å². The van der Waals surface area contributed by atoms with Crippen molar-refractivity contribution in [1.82, 2.24) is 0 Å². The van der Waals surface area contributed by atoms with Crippen molar-refractivity contribution in [3.8, 4) is 0 Å². The molecular formula is C11H20O. The van der Waals surface area contributed by atoms with Crippen LogP contribution in [0.5, 0.6) is 0 Å². The van der Waals surface area contributed by atoms with Crippen LogP contribution in [0.2, 0.25) is 0 Å². The van der Waals surface area contributed by atoms with E-state index >= 15 is 0 Å². The Labute approximate surface area is 75.5 Å². The standard InChI is InChI=1S/C11H20O/c1-4-7-11(12)9-6-5-8-10(11,2)3/h4,12H,1,5-9H2,2-3H3. The topological polar surface area (TPSA) is 20.2 Å². The Morgan fingerprint density at radius 3 is 2.42 bits per heavy atom. The molecule has 1 rings (SSSR count). The average Bonchev–Trinajstić information content (AvgIpc) is 1.96. The van der Waals surface area contributed by atoms with Crippen LogP contribution in [0.3, 0.4) is 0 Å². The van der Waals surface area contributed by atoms with Crippen molar-refractivity contribution in [2.24, 2.45) is 5.41 Å². The fraction of sp³-hybridized carbons (Fsp3) is 0.818. The predicted octanol–water partition coefficient (Wildman–Crippen LogP) is 2.89. The second-order valence-electron chi connectivity index (χ2n) is 4.62. The van der Waals surface area contributed by atoms with Gasteiger partial charge in [0.15, 0.2) is 0 Å². The highest BCUT2D eigenvalue weighted by Crippen LogP contribution is 2.45. The summed E-state index contributed by atoms with van der Waals surface area (Å²) >= 11 is 0. The zero-order chi connectivity index (χ0) is 9.24. The lowest BCUT2D eigenvalue weighted by atomic mass is 9.64. The van der Waals surface area contributed by atoms with Crippen LogP contribution in [0.15, 0.2) is 12.7 Å². The molecule has 0 aromatic rings. The van der Waals surface area contributed by atoms with E-state index in [0.717, 1.165) is 25.7 Å².